The van der Waals surface area contributed by atoms with E-state index in [1.165, 1.54) is 14.2 Å². The van der Waals surface area contributed by atoms with Crippen LogP contribution >= 0.6 is 0 Å². The van der Waals surface area contributed by atoms with Gasteiger partial charge in [-0.1, -0.05) is 0 Å². The molecule has 8 nitrogen and oxygen atoms in total. The molecule has 27 heavy (non-hydrogen) atoms. The molecular formula is C19H22N2O6. The van der Waals surface area contributed by atoms with Crippen molar-refractivity contribution < 1.29 is 28.5 Å². The van der Waals surface area contributed by atoms with Gasteiger partial charge in [0.15, 0.2) is 23.0 Å². The number of rotatable bonds is 6. The fourth-order valence-corrected chi connectivity index (χ4v) is 2.77. The molecule has 0 aliphatic carbocycles. The van der Waals surface area contributed by atoms with E-state index in [1.807, 2.05) is 6.07 Å². The van der Waals surface area contributed by atoms with Crippen LogP contribution in [0.25, 0.3) is 0 Å². The molecule has 0 fully saturated rings. The number of fused-ring (bicyclic) bond motifs is 1. The summed E-state index contributed by atoms with van der Waals surface area (Å²) in [7, 11) is 4.62. The second kappa shape index (κ2) is 8.39. The highest BCUT2D eigenvalue weighted by Gasteiger charge is 2.17. The van der Waals surface area contributed by atoms with Gasteiger partial charge in [0.25, 0.3) is 0 Å². The van der Waals surface area contributed by atoms with Gasteiger partial charge < -0.3 is 34.3 Å². The number of ether oxygens (including phenoxy) is 5. The Morgan fingerprint density at radius 3 is 2.41 bits per heavy atom. The standard InChI is InChI=1S/C19H22N2O6/c1-23-15-6-4-12(17(24-2)18(15)25-3)11-20-19(22)21-13-5-7-14-16(10-13)27-9-8-26-14/h4-7,10H,8-9,11H2,1-3H3,(H2,20,21,22). The number of methoxy groups -OCH3 is 3. The number of nitrogens with one attached hydrogen (secondary N) is 2. The van der Waals surface area contributed by atoms with Crippen LogP contribution in [0.5, 0.6) is 28.7 Å². The molecule has 2 amide bonds. The molecule has 2 aromatic carbocycles. The number of amides is 2. The molecular weight excluding hydrogens is 352 g/mol. The van der Waals surface area contributed by atoms with Crippen molar-refractivity contribution in [2.24, 2.45) is 0 Å². The van der Waals surface area contributed by atoms with Gasteiger partial charge in [0.05, 0.1) is 21.3 Å². The summed E-state index contributed by atoms with van der Waals surface area (Å²) in [4.78, 5) is 12.2. The maximum Gasteiger partial charge on any atom is 0.319 e. The van der Waals surface area contributed by atoms with E-state index in [0.717, 1.165) is 5.56 Å². The van der Waals surface area contributed by atoms with E-state index in [2.05, 4.69) is 10.6 Å². The van der Waals surface area contributed by atoms with Gasteiger partial charge in [-0.15, -0.1) is 0 Å². The van der Waals surface area contributed by atoms with Crippen LogP contribution in [0, 0.1) is 0 Å². The molecule has 2 aromatic rings. The van der Waals surface area contributed by atoms with Crippen LogP contribution in [-0.2, 0) is 6.54 Å². The first-order valence-corrected chi connectivity index (χ1v) is 8.38. The van der Waals surface area contributed by atoms with Gasteiger partial charge in [0, 0.05) is 23.9 Å². The lowest BCUT2D eigenvalue weighted by Gasteiger charge is -2.19. The highest BCUT2D eigenvalue weighted by atomic mass is 16.6. The summed E-state index contributed by atoms with van der Waals surface area (Å²) < 4.78 is 27.0. The number of carbonyl (C=O) groups excluding carboxylic acids is 1. The molecule has 0 aromatic heterocycles. The molecule has 1 heterocycles. The van der Waals surface area contributed by atoms with Crippen LogP contribution < -0.4 is 34.3 Å². The number of urea groups is 1. The van der Waals surface area contributed by atoms with E-state index in [1.54, 1.807) is 31.4 Å². The van der Waals surface area contributed by atoms with Gasteiger partial charge in [-0.05, 0) is 24.3 Å². The third-order valence-corrected chi connectivity index (χ3v) is 4.03. The van der Waals surface area contributed by atoms with E-state index >= 15 is 0 Å². The molecule has 0 unspecified atom stereocenters. The van der Waals surface area contributed by atoms with Crippen molar-refractivity contribution in [1.82, 2.24) is 5.32 Å². The lowest BCUT2D eigenvalue weighted by molar-refractivity contribution is 0.171. The lowest BCUT2D eigenvalue weighted by atomic mass is 10.1. The number of benzene rings is 2. The summed E-state index contributed by atoms with van der Waals surface area (Å²) in [5.74, 6) is 2.82. The monoisotopic (exact) mass is 374 g/mol. The molecule has 3 rings (SSSR count). The minimum Gasteiger partial charge on any atom is -0.493 e. The van der Waals surface area contributed by atoms with Gasteiger partial charge in [-0.2, -0.15) is 0 Å². The molecule has 0 atom stereocenters. The SMILES string of the molecule is COc1ccc(CNC(=O)Nc2ccc3c(c2)OCCO3)c(OC)c1OC. The molecule has 0 saturated carbocycles. The van der Waals surface area contributed by atoms with E-state index in [9.17, 15) is 4.79 Å². The van der Waals surface area contributed by atoms with Crippen LogP contribution in [0.2, 0.25) is 0 Å². The van der Waals surface area contributed by atoms with Crippen LogP contribution in [0.15, 0.2) is 30.3 Å². The lowest BCUT2D eigenvalue weighted by Crippen LogP contribution is -2.28. The third kappa shape index (κ3) is 4.11. The van der Waals surface area contributed by atoms with Gasteiger partial charge in [0.2, 0.25) is 5.75 Å². The van der Waals surface area contributed by atoms with Crippen molar-refractivity contribution in [3.8, 4) is 28.7 Å². The van der Waals surface area contributed by atoms with Crippen molar-refractivity contribution in [3.63, 3.8) is 0 Å². The van der Waals surface area contributed by atoms with Gasteiger partial charge in [-0.25, -0.2) is 4.79 Å². The maximum absolute atomic E-state index is 12.2. The summed E-state index contributed by atoms with van der Waals surface area (Å²) in [6.45, 7) is 1.26. The van der Waals surface area contributed by atoms with E-state index in [0.29, 0.717) is 47.6 Å². The minimum absolute atomic E-state index is 0.250. The highest BCUT2D eigenvalue weighted by Crippen LogP contribution is 2.39. The fourth-order valence-electron chi connectivity index (χ4n) is 2.77. The zero-order chi connectivity index (χ0) is 19.2. The van der Waals surface area contributed by atoms with Crippen molar-refractivity contribution >= 4 is 11.7 Å². The van der Waals surface area contributed by atoms with E-state index in [4.69, 9.17) is 23.7 Å². The fraction of sp³-hybridized carbons (Fsp3) is 0.316. The molecule has 0 radical (unpaired) electrons. The molecule has 0 bridgehead atoms. The maximum atomic E-state index is 12.2. The number of carbonyl (C=O) groups is 1. The predicted octanol–water partition coefficient (Wildman–Crippen LogP) is 2.81. The number of hydrogen-bond donors (Lipinski definition) is 2. The zero-order valence-corrected chi connectivity index (χ0v) is 15.5. The Morgan fingerprint density at radius 1 is 0.963 bits per heavy atom. The van der Waals surface area contributed by atoms with E-state index < -0.39 is 0 Å². The van der Waals surface area contributed by atoms with Crippen LogP contribution in [0.1, 0.15) is 5.56 Å². The number of hydrogen-bond acceptors (Lipinski definition) is 6. The summed E-state index contributed by atoms with van der Waals surface area (Å²) in [6, 6.07) is 8.46. The Balaban J connectivity index is 1.65. The average Bonchev–Trinajstić information content (AvgIpc) is 2.71. The summed E-state index contributed by atoms with van der Waals surface area (Å²) in [5.41, 5.74) is 1.36. The van der Waals surface area contributed by atoms with Crippen LogP contribution in [0.3, 0.4) is 0 Å². The van der Waals surface area contributed by atoms with Crippen LogP contribution in [-0.4, -0.2) is 40.6 Å². The van der Waals surface area contributed by atoms with E-state index in [-0.39, 0.29) is 12.6 Å². The first kappa shape index (κ1) is 18.5. The quantitative estimate of drug-likeness (QED) is 0.809. The molecule has 0 saturated heterocycles. The molecule has 8 heteroatoms. The van der Waals surface area contributed by atoms with Crippen LogP contribution in [0.4, 0.5) is 10.5 Å². The summed E-state index contributed by atoms with van der Waals surface area (Å²) >= 11 is 0. The topological polar surface area (TPSA) is 87.3 Å². The smallest absolute Gasteiger partial charge is 0.319 e. The molecule has 144 valence electrons. The normalized spacial score (nSPS) is 12.1. The first-order chi connectivity index (χ1) is 13.2. The van der Waals surface area contributed by atoms with Crippen molar-refractivity contribution in [2.75, 3.05) is 39.9 Å². The van der Waals surface area contributed by atoms with Gasteiger partial charge in [-0.3, -0.25) is 0 Å². The number of anilines is 1. The molecule has 1 aliphatic heterocycles. The Kier molecular flexibility index (Phi) is 5.75. The zero-order valence-electron chi connectivity index (χ0n) is 15.5. The van der Waals surface area contributed by atoms with Crippen molar-refractivity contribution in [2.45, 2.75) is 6.54 Å². The summed E-state index contributed by atoms with van der Waals surface area (Å²) in [6.07, 6.45) is 0. The molecule has 1 aliphatic rings. The Bertz CT molecular complexity index is 824. The predicted molar refractivity (Wildman–Crippen MR) is 99.4 cm³/mol. The largest absolute Gasteiger partial charge is 0.493 e. The van der Waals surface area contributed by atoms with Gasteiger partial charge >= 0.3 is 6.03 Å². The Labute approximate surface area is 157 Å². The Morgan fingerprint density at radius 2 is 1.70 bits per heavy atom. The third-order valence-electron chi connectivity index (χ3n) is 4.03. The second-order valence-electron chi connectivity index (χ2n) is 5.66. The highest BCUT2D eigenvalue weighted by molar-refractivity contribution is 5.89. The first-order valence-electron chi connectivity index (χ1n) is 8.38. The Hall–Kier alpha value is -3.29. The molecule has 0 spiro atoms. The van der Waals surface area contributed by atoms with Gasteiger partial charge in [0.1, 0.15) is 13.2 Å². The second-order valence-corrected chi connectivity index (χ2v) is 5.66. The minimum atomic E-state index is -0.358. The van der Waals surface area contributed by atoms with Crippen molar-refractivity contribution in [3.05, 3.63) is 35.9 Å². The summed E-state index contributed by atoms with van der Waals surface area (Å²) in [5, 5.41) is 5.56. The molecule has 2 N–H and O–H groups in total. The van der Waals surface area contributed by atoms with Crippen molar-refractivity contribution in [1.29, 1.82) is 0 Å². The average molecular weight is 374 g/mol.